The average Bonchev–Trinajstić information content (AvgIpc) is 3.10. The number of rotatable bonds is 4. The second-order valence-electron chi connectivity index (χ2n) is 4.81. The topological polar surface area (TPSA) is 82.5 Å². The van der Waals surface area contributed by atoms with E-state index >= 15 is 0 Å². The van der Waals surface area contributed by atoms with Crippen LogP contribution in [0.5, 0.6) is 0 Å². The smallest absolute Gasteiger partial charge is 0.215 e. The van der Waals surface area contributed by atoms with E-state index in [0.29, 0.717) is 12.6 Å². The zero-order valence-electron chi connectivity index (χ0n) is 11.0. The molecule has 0 spiro atoms. The van der Waals surface area contributed by atoms with Crippen LogP contribution in [0.15, 0.2) is 16.2 Å². The maximum atomic E-state index is 5.83. The Bertz CT molecular complexity index is 604. The number of nitrogens with zero attached hydrogens (tertiary/aromatic N) is 5. The summed E-state index contributed by atoms with van der Waals surface area (Å²) in [6.07, 6.45) is 2.31. The molecule has 1 fully saturated rings. The van der Waals surface area contributed by atoms with Gasteiger partial charge in [-0.1, -0.05) is 0 Å². The van der Waals surface area contributed by atoms with Crippen molar-refractivity contribution in [2.75, 3.05) is 0 Å². The number of aromatic nitrogens is 5. The Hall–Kier alpha value is -1.47. The van der Waals surface area contributed by atoms with Crippen molar-refractivity contribution in [3.05, 3.63) is 22.9 Å². The molecule has 3 rings (SSSR count). The molecule has 0 unspecified atom stereocenters. The summed E-state index contributed by atoms with van der Waals surface area (Å²) in [5.74, 6) is 0. The molecule has 1 saturated carbocycles. The van der Waals surface area contributed by atoms with Gasteiger partial charge in [0.1, 0.15) is 5.03 Å². The Morgan fingerprint density at radius 3 is 2.89 bits per heavy atom. The van der Waals surface area contributed by atoms with Crippen LogP contribution >= 0.6 is 11.8 Å². The highest BCUT2D eigenvalue weighted by atomic mass is 32.2. The molecule has 2 aromatic heterocycles. The Morgan fingerprint density at radius 1 is 1.42 bits per heavy atom. The van der Waals surface area contributed by atoms with Gasteiger partial charge in [-0.05, 0) is 60.5 Å². The molecule has 0 amide bonds. The van der Waals surface area contributed by atoms with E-state index < -0.39 is 0 Å². The third-order valence-electron chi connectivity index (χ3n) is 3.18. The van der Waals surface area contributed by atoms with E-state index in [1.165, 1.54) is 17.3 Å². The van der Waals surface area contributed by atoms with Gasteiger partial charge < -0.3 is 5.73 Å². The summed E-state index contributed by atoms with van der Waals surface area (Å²) < 4.78 is 1.89. The van der Waals surface area contributed by atoms with Crippen molar-refractivity contribution in [3.63, 3.8) is 0 Å². The van der Waals surface area contributed by atoms with E-state index in [4.69, 9.17) is 5.73 Å². The van der Waals surface area contributed by atoms with Gasteiger partial charge in [0, 0.05) is 17.8 Å². The van der Waals surface area contributed by atoms with Crippen LogP contribution in [-0.2, 0) is 6.54 Å². The van der Waals surface area contributed by atoms with E-state index in [9.17, 15) is 0 Å². The van der Waals surface area contributed by atoms with Crippen molar-refractivity contribution in [2.45, 2.75) is 49.5 Å². The summed E-state index contributed by atoms with van der Waals surface area (Å²) in [6.45, 7) is 4.53. The number of hydrogen-bond acceptors (Lipinski definition) is 6. The molecule has 0 radical (unpaired) electrons. The zero-order valence-corrected chi connectivity index (χ0v) is 11.8. The summed E-state index contributed by atoms with van der Waals surface area (Å²) in [7, 11) is 0. The van der Waals surface area contributed by atoms with E-state index in [1.54, 1.807) is 0 Å². The van der Waals surface area contributed by atoms with Crippen LogP contribution in [0.3, 0.4) is 0 Å². The predicted octanol–water partition coefficient (Wildman–Crippen LogP) is 1.63. The number of nitrogens with two attached hydrogens (primary N) is 1. The van der Waals surface area contributed by atoms with Crippen LogP contribution in [0.2, 0.25) is 0 Å². The molecule has 7 heteroatoms. The Morgan fingerprint density at radius 2 is 2.21 bits per heavy atom. The molecule has 0 aliphatic heterocycles. The molecular weight excluding hydrogens is 260 g/mol. The highest BCUT2D eigenvalue weighted by Crippen LogP contribution is 2.38. The SMILES string of the molecule is Cc1cc(C)c(CN)c(Sc2nnnn2C2CC2)n1. The molecule has 0 saturated heterocycles. The van der Waals surface area contributed by atoms with Crippen LogP contribution in [0, 0.1) is 13.8 Å². The van der Waals surface area contributed by atoms with Gasteiger partial charge in [0.15, 0.2) is 0 Å². The van der Waals surface area contributed by atoms with Crippen LogP contribution in [0.1, 0.15) is 35.7 Å². The first-order valence-corrected chi connectivity index (χ1v) is 7.13. The van der Waals surface area contributed by atoms with Crippen LogP contribution < -0.4 is 5.73 Å². The number of tetrazole rings is 1. The van der Waals surface area contributed by atoms with Gasteiger partial charge in [-0.15, -0.1) is 5.10 Å². The van der Waals surface area contributed by atoms with Crippen LogP contribution in [0.4, 0.5) is 0 Å². The van der Waals surface area contributed by atoms with Crippen molar-refractivity contribution in [3.8, 4) is 0 Å². The third-order valence-corrected chi connectivity index (χ3v) is 4.17. The van der Waals surface area contributed by atoms with E-state index in [-0.39, 0.29) is 0 Å². The lowest BCUT2D eigenvalue weighted by atomic mass is 10.1. The standard InChI is InChI=1S/C12H16N6S/c1-7-5-8(2)14-11(10(7)6-13)19-12-15-16-17-18(12)9-3-4-9/h5,9H,3-4,6,13H2,1-2H3. The number of aryl methyl sites for hydroxylation is 2. The molecule has 19 heavy (non-hydrogen) atoms. The normalized spacial score (nSPS) is 14.9. The lowest BCUT2D eigenvalue weighted by Crippen LogP contribution is -2.05. The van der Waals surface area contributed by atoms with Gasteiger partial charge in [-0.3, -0.25) is 0 Å². The minimum absolute atomic E-state index is 0.463. The van der Waals surface area contributed by atoms with Gasteiger partial charge in [0.05, 0.1) is 6.04 Å². The van der Waals surface area contributed by atoms with Gasteiger partial charge in [-0.25, -0.2) is 9.67 Å². The minimum atomic E-state index is 0.463. The highest BCUT2D eigenvalue weighted by molar-refractivity contribution is 7.99. The quantitative estimate of drug-likeness (QED) is 0.914. The monoisotopic (exact) mass is 276 g/mol. The Labute approximate surface area is 115 Å². The van der Waals surface area contributed by atoms with E-state index in [1.807, 2.05) is 11.6 Å². The Balaban J connectivity index is 1.96. The first-order valence-electron chi connectivity index (χ1n) is 6.32. The number of hydrogen-bond donors (Lipinski definition) is 1. The summed E-state index contributed by atoms with van der Waals surface area (Å²) in [6, 6.07) is 2.51. The van der Waals surface area contributed by atoms with Crippen molar-refractivity contribution < 1.29 is 0 Å². The molecule has 1 aliphatic rings. The van der Waals surface area contributed by atoms with Crippen LogP contribution in [-0.4, -0.2) is 25.2 Å². The van der Waals surface area contributed by atoms with Gasteiger partial charge in [0.2, 0.25) is 5.16 Å². The van der Waals surface area contributed by atoms with Gasteiger partial charge in [0.25, 0.3) is 0 Å². The molecule has 2 heterocycles. The fraction of sp³-hybridized carbons (Fsp3) is 0.500. The van der Waals surface area contributed by atoms with Crippen molar-refractivity contribution >= 4 is 11.8 Å². The van der Waals surface area contributed by atoms with Crippen molar-refractivity contribution in [1.29, 1.82) is 0 Å². The largest absolute Gasteiger partial charge is 0.326 e. The molecular formula is C12H16N6S. The van der Waals surface area contributed by atoms with Gasteiger partial charge >= 0.3 is 0 Å². The first-order chi connectivity index (χ1) is 9.19. The lowest BCUT2D eigenvalue weighted by Gasteiger charge is -2.10. The third kappa shape index (κ3) is 2.48. The maximum absolute atomic E-state index is 5.83. The van der Waals surface area contributed by atoms with E-state index in [2.05, 4.69) is 33.5 Å². The fourth-order valence-corrected chi connectivity index (χ4v) is 3.14. The molecule has 1 aliphatic carbocycles. The highest BCUT2D eigenvalue weighted by Gasteiger charge is 2.28. The van der Waals surface area contributed by atoms with Crippen molar-refractivity contribution in [2.24, 2.45) is 5.73 Å². The average molecular weight is 276 g/mol. The zero-order chi connectivity index (χ0) is 13.4. The molecule has 100 valence electrons. The van der Waals surface area contributed by atoms with Crippen LogP contribution in [0.25, 0.3) is 0 Å². The molecule has 2 aromatic rings. The molecule has 2 N–H and O–H groups in total. The summed E-state index contributed by atoms with van der Waals surface area (Å²) >= 11 is 1.50. The second-order valence-corrected chi connectivity index (χ2v) is 5.76. The molecule has 0 atom stereocenters. The molecule has 0 bridgehead atoms. The summed E-state index contributed by atoms with van der Waals surface area (Å²) in [5.41, 5.74) is 9.06. The second kappa shape index (κ2) is 4.90. The fourth-order valence-electron chi connectivity index (χ4n) is 2.05. The maximum Gasteiger partial charge on any atom is 0.215 e. The molecule has 0 aromatic carbocycles. The summed E-state index contributed by atoms with van der Waals surface area (Å²) in [4.78, 5) is 4.57. The minimum Gasteiger partial charge on any atom is -0.326 e. The summed E-state index contributed by atoms with van der Waals surface area (Å²) in [5, 5.41) is 13.6. The Kier molecular flexibility index (Phi) is 3.24. The molecule has 6 nitrogen and oxygen atoms in total. The van der Waals surface area contributed by atoms with Gasteiger partial charge in [-0.2, -0.15) is 0 Å². The number of pyridine rings is 1. The predicted molar refractivity (Wildman–Crippen MR) is 71.8 cm³/mol. The first kappa shape index (κ1) is 12.6. The van der Waals surface area contributed by atoms with Crippen molar-refractivity contribution in [1.82, 2.24) is 25.2 Å². The lowest BCUT2D eigenvalue weighted by molar-refractivity contribution is 0.565. The van der Waals surface area contributed by atoms with E-state index in [0.717, 1.165) is 34.3 Å².